The average Bonchev–Trinajstić information content (AvgIpc) is 2.37. The summed E-state index contributed by atoms with van der Waals surface area (Å²) in [5.74, 6) is -1.29. The summed E-state index contributed by atoms with van der Waals surface area (Å²) < 4.78 is 25.4. The number of carboxylic acid groups (broad SMARTS) is 1. The van der Waals surface area contributed by atoms with Crippen molar-refractivity contribution in [3.8, 4) is 6.07 Å². The molecular weight excluding hydrogens is 270 g/mol. The summed E-state index contributed by atoms with van der Waals surface area (Å²) in [7, 11) is -2.97. The number of aliphatic carboxylic acids is 1. The summed E-state index contributed by atoms with van der Waals surface area (Å²) in [4.78, 5) is 14.5. The van der Waals surface area contributed by atoms with Crippen molar-refractivity contribution in [2.24, 2.45) is 0 Å². The Labute approximate surface area is 111 Å². The van der Waals surface area contributed by atoms with Crippen LogP contribution >= 0.6 is 0 Å². The molecule has 19 heavy (non-hydrogen) atoms. The van der Waals surface area contributed by atoms with Gasteiger partial charge in [-0.25, -0.2) is 13.4 Å². The van der Waals surface area contributed by atoms with Gasteiger partial charge < -0.3 is 5.11 Å². The standard InChI is InChI=1S/C11H13N3O4S/c1-11(2,10(15)16)14(3)19(17,18)9-5-4-6-13-8(9)7-12/h4-6H,1-3H3,(H,15,16). The van der Waals surface area contributed by atoms with E-state index < -0.39 is 21.5 Å². The van der Waals surface area contributed by atoms with Crippen molar-refractivity contribution in [3.05, 3.63) is 24.0 Å². The third-order valence-electron chi connectivity index (χ3n) is 2.83. The summed E-state index contributed by atoms with van der Waals surface area (Å²) in [6.07, 6.45) is 1.29. The highest BCUT2D eigenvalue weighted by atomic mass is 32.2. The lowest BCUT2D eigenvalue weighted by Gasteiger charge is -2.30. The zero-order valence-corrected chi connectivity index (χ0v) is 11.5. The van der Waals surface area contributed by atoms with E-state index in [-0.39, 0.29) is 10.6 Å². The van der Waals surface area contributed by atoms with E-state index in [1.165, 1.54) is 32.2 Å². The molecule has 8 heteroatoms. The van der Waals surface area contributed by atoms with Crippen LogP contribution in [0.4, 0.5) is 0 Å². The maximum absolute atomic E-state index is 12.3. The van der Waals surface area contributed by atoms with E-state index >= 15 is 0 Å². The van der Waals surface area contributed by atoms with Crippen LogP contribution in [0.25, 0.3) is 0 Å². The number of sulfonamides is 1. The second-order valence-electron chi connectivity index (χ2n) is 4.30. The number of carbonyl (C=O) groups is 1. The van der Waals surface area contributed by atoms with Crippen LogP contribution in [0.5, 0.6) is 0 Å². The Morgan fingerprint density at radius 1 is 1.53 bits per heavy atom. The summed E-state index contributed by atoms with van der Waals surface area (Å²) in [6.45, 7) is 2.52. The number of rotatable bonds is 4. The third kappa shape index (κ3) is 2.57. The van der Waals surface area contributed by atoms with Crippen molar-refractivity contribution in [3.63, 3.8) is 0 Å². The van der Waals surface area contributed by atoms with Crippen molar-refractivity contribution in [2.75, 3.05) is 7.05 Å². The zero-order chi connectivity index (χ0) is 14.8. The fourth-order valence-electron chi connectivity index (χ4n) is 1.27. The molecule has 0 atom stereocenters. The van der Waals surface area contributed by atoms with E-state index in [2.05, 4.69) is 4.98 Å². The first-order chi connectivity index (χ1) is 8.65. The molecule has 1 rings (SSSR count). The number of hydrogen-bond donors (Lipinski definition) is 1. The Morgan fingerprint density at radius 3 is 2.58 bits per heavy atom. The Hall–Kier alpha value is -1.98. The Balaban J connectivity index is 3.42. The molecule has 0 saturated carbocycles. The molecule has 7 nitrogen and oxygen atoms in total. The lowest BCUT2D eigenvalue weighted by molar-refractivity contribution is -0.145. The molecule has 0 aliphatic carbocycles. The van der Waals surface area contributed by atoms with Gasteiger partial charge in [-0.05, 0) is 26.0 Å². The van der Waals surface area contributed by atoms with Gasteiger partial charge in [0.15, 0.2) is 5.69 Å². The Kier molecular flexibility index (Phi) is 3.93. The molecule has 0 aromatic carbocycles. The van der Waals surface area contributed by atoms with Gasteiger partial charge in [-0.15, -0.1) is 0 Å². The van der Waals surface area contributed by atoms with Gasteiger partial charge in [0.25, 0.3) is 0 Å². The average molecular weight is 283 g/mol. The van der Waals surface area contributed by atoms with Gasteiger partial charge in [-0.1, -0.05) is 0 Å². The van der Waals surface area contributed by atoms with Crippen LogP contribution in [0.3, 0.4) is 0 Å². The number of aromatic nitrogens is 1. The third-order valence-corrected chi connectivity index (χ3v) is 4.89. The molecule has 0 spiro atoms. The van der Waals surface area contributed by atoms with Gasteiger partial charge in [0, 0.05) is 13.2 Å². The lowest BCUT2D eigenvalue weighted by atomic mass is 10.1. The van der Waals surface area contributed by atoms with Crippen molar-refractivity contribution >= 4 is 16.0 Å². The van der Waals surface area contributed by atoms with Crippen molar-refractivity contribution < 1.29 is 18.3 Å². The molecular formula is C11H13N3O4S. The topological polar surface area (TPSA) is 111 Å². The number of hydrogen-bond acceptors (Lipinski definition) is 5. The molecule has 0 aliphatic heterocycles. The maximum atomic E-state index is 12.3. The summed E-state index contributed by atoms with van der Waals surface area (Å²) in [5, 5.41) is 17.9. The predicted molar refractivity (Wildman–Crippen MR) is 65.6 cm³/mol. The van der Waals surface area contributed by atoms with Crippen LogP contribution in [-0.2, 0) is 14.8 Å². The fraction of sp³-hybridized carbons (Fsp3) is 0.364. The Morgan fingerprint density at radius 2 is 2.11 bits per heavy atom. The van der Waals surface area contributed by atoms with Crippen LogP contribution in [0.1, 0.15) is 19.5 Å². The van der Waals surface area contributed by atoms with E-state index in [4.69, 9.17) is 10.4 Å². The second-order valence-corrected chi connectivity index (χ2v) is 6.24. The molecule has 0 aliphatic rings. The van der Waals surface area contributed by atoms with Crippen molar-refractivity contribution in [2.45, 2.75) is 24.3 Å². The number of likely N-dealkylation sites (N-methyl/N-ethyl adjacent to an activating group) is 1. The first-order valence-electron chi connectivity index (χ1n) is 5.23. The normalized spacial score (nSPS) is 12.2. The van der Waals surface area contributed by atoms with Gasteiger partial charge in [-0.3, -0.25) is 4.79 Å². The van der Waals surface area contributed by atoms with Crippen LogP contribution in [-0.4, -0.2) is 41.4 Å². The smallest absolute Gasteiger partial charge is 0.324 e. The van der Waals surface area contributed by atoms with Crippen LogP contribution < -0.4 is 0 Å². The van der Waals surface area contributed by atoms with E-state index in [0.717, 1.165) is 7.05 Å². The monoisotopic (exact) mass is 283 g/mol. The molecule has 102 valence electrons. The van der Waals surface area contributed by atoms with E-state index in [1.807, 2.05) is 0 Å². The van der Waals surface area contributed by atoms with Gasteiger partial charge in [0.1, 0.15) is 16.5 Å². The van der Waals surface area contributed by atoms with E-state index in [9.17, 15) is 13.2 Å². The molecule has 0 radical (unpaired) electrons. The van der Waals surface area contributed by atoms with Crippen LogP contribution in [0, 0.1) is 11.3 Å². The fourth-order valence-corrected chi connectivity index (χ4v) is 2.83. The number of nitriles is 1. The van der Waals surface area contributed by atoms with Gasteiger partial charge in [0.05, 0.1) is 0 Å². The first-order valence-corrected chi connectivity index (χ1v) is 6.67. The van der Waals surface area contributed by atoms with Crippen molar-refractivity contribution in [1.29, 1.82) is 5.26 Å². The molecule has 1 aromatic heterocycles. The quantitative estimate of drug-likeness (QED) is 0.858. The lowest BCUT2D eigenvalue weighted by Crippen LogP contribution is -2.50. The van der Waals surface area contributed by atoms with E-state index in [0.29, 0.717) is 4.31 Å². The highest BCUT2D eigenvalue weighted by Gasteiger charge is 2.41. The minimum atomic E-state index is -4.12. The van der Waals surface area contributed by atoms with Crippen LogP contribution in [0.2, 0.25) is 0 Å². The van der Waals surface area contributed by atoms with Crippen LogP contribution in [0.15, 0.2) is 23.2 Å². The van der Waals surface area contributed by atoms with E-state index in [1.54, 1.807) is 6.07 Å². The van der Waals surface area contributed by atoms with Gasteiger partial charge >= 0.3 is 5.97 Å². The maximum Gasteiger partial charge on any atom is 0.324 e. The van der Waals surface area contributed by atoms with Gasteiger partial charge in [-0.2, -0.15) is 9.57 Å². The summed E-state index contributed by atoms with van der Waals surface area (Å²) in [5.41, 5.74) is -1.91. The minimum absolute atomic E-state index is 0.268. The molecule has 1 N–H and O–H groups in total. The molecule has 0 bridgehead atoms. The number of pyridine rings is 1. The van der Waals surface area contributed by atoms with Gasteiger partial charge in [0.2, 0.25) is 10.0 Å². The molecule has 1 heterocycles. The molecule has 0 unspecified atom stereocenters. The highest BCUT2D eigenvalue weighted by Crippen LogP contribution is 2.24. The SMILES string of the molecule is CN(C(C)(C)C(=O)O)S(=O)(=O)c1cccnc1C#N. The minimum Gasteiger partial charge on any atom is -0.480 e. The predicted octanol–water partition coefficient (Wildman–Crippen LogP) is 0.437. The summed E-state index contributed by atoms with van der Waals surface area (Å²) >= 11 is 0. The Bertz CT molecular complexity index is 646. The second kappa shape index (κ2) is 4.95. The first kappa shape index (κ1) is 15.1. The number of nitrogens with zero attached hydrogens (tertiary/aromatic N) is 3. The zero-order valence-electron chi connectivity index (χ0n) is 10.7. The highest BCUT2D eigenvalue weighted by molar-refractivity contribution is 7.89. The van der Waals surface area contributed by atoms with Crippen molar-refractivity contribution in [1.82, 2.24) is 9.29 Å². The largest absolute Gasteiger partial charge is 0.480 e. The molecule has 0 fully saturated rings. The molecule has 0 amide bonds. The molecule has 1 aromatic rings. The summed E-state index contributed by atoms with van der Waals surface area (Å²) in [6, 6.07) is 4.26. The number of carboxylic acids is 1. The molecule has 0 saturated heterocycles.